The van der Waals surface area contributed by atoms with Gasteiger partial charge in [0.25, 0.3) is 0 Å². The Hall–Kier alpha value is -2.04. The van der Waals surface area contributed by atoms with Gasteiger partial charge in [-0.05, 0) is 51.8 Å². The van der Waals surface area contributed by atoms with Crippen molar-refractivity contribution in [1.29, 1.82) is 0 Å². The molecule has 0 atom stereocenters. The van der Waals surface area contributed by atoms with Crippen LogP contribution >= 0.6 is 0 Å². The molecule has 0 radical (unpaired) electrons. The molecule has 0 heterocycles. The average molecular weight is 294 g/mol. The van der Waals surface area contributed by atoms with Crippen molar-refractivity contribution in [3.05, 3.63) is 29.8 Å². The van der Waals surface area contributed by atoms with Gasteiger partial charge >= 0.3 is 11.9 Å². The number of carbonyl (C=O) groups excluding carboxylic acids is 2. The Bertz CT molecular complexity index is 471. The molecule has 5 nitrogen and oxygen atoms in total. The molecule has 21 heavy (non-hydrogen) atoms. The fourth-order valence-electron chi connectivity index (χ4n) is 1.81. The van der Waals surface area contributed by atoms with Crippen molar-refractivity contribution in [2.75, 3.05) is 0 Å². The van der Waals surface area contributed by atoms with Gasteiger partial charge in [0.15, 0.2) is 5.92 Å². The minimum atomic E-state index is -1.03. The van der Waals surface area contributed by atoms with E-state index < -0.39 is 17.9 Å². The minimum absolute atomic E-state index is 0.0840. The monoisotopic (exact) mass is 294 g/mol. The Morgan fingerprint density at radius 3 is 2.00 bits per heavy atom. The van der Waals surface area contributed by atoms with E-state index in [4.69, 9.17) is 9.47 Å². The molecular weight excluding hydrogens is 272 g/mol. The molecule has 0 aliphatic heterocycles. The second-order valence-electron chi connectivity index (χ2n) is 5.40. The van der Waals surface area contributed by atoms with Gasteiger partial charge in [-0.15, -0.1) is 0 Å². The van der Waals surface area contributed by atoms with Crippen LogP contribution < -0.4 is 0 Å². The number of hydrogen-bond acceptors (Lipinski definition) is 5. The van der Waals surface area contributed by atoms with Crippen molar-refractivity contribution in [3.8, 4) is 5.75 Å². The molecule has 0 spiro atoms. The molecule has 0 saturated heterocycles. The van der Waals surface area contributed by atoms with Crippen LogP contribution in [0.25, 0.3) is 0 Å². The highest BCUT2D eigenvalue weighted by Gasteiger charge is 2.31. The zero-order valence-corrected chi connectivity index (χ0v) is 12.8. The minimum Gasteiger partial charge on any atom is -0.508 e. The molecule has 116 valence electrons. The highest BCUT2D eigenvalue weighted by molar-refractivity contribution is 5.95. The summed E-state index contributed by atoms with van der Waals surface area (Å²) < 4.78 is 10.2. The lowest BCUT2D eigenvalue weighted by atomic mass is 9.99. The van der Waals surface area contributed by atoms with Crippen molar-refractivity contribution in [1.82, 2.24) is 0 Å². The van der Waals surface area contributed by atoms with Crippen molar-refractivity contribution in [2.24, 2.45) is 5.92 Å². The van der Waals surface area contributed by atoms with E-state index in [9.17, 15) is 14.7 Å². The summed E-state index contributed by atoms with van der Waals surface area (Å²) in [6, 6.07) is 6.43. The number of carbonyl (C=O) groups is 2. The third-order valence-corrected chi connectivity index (χ3v) is 2.62. The molecule has 0 aliphatic carbocycles. The Balaban J connectivity index is 2.90. The summed E-state index contributed by atoms with van der Waals surface area (Å²) in [5, 5.41) is 9.46. The Morgan fingerprint density at radius 2 is 1.57 bits per heavy atom. The van der Waals surface area contributed by atoms with E-state index in [-0.39, 0.29) is 24.4 Å². The molecule has 0 unspecified atom stereocenters. The van der Waals surface area contributed by atoms with E-state index in [2.05, 4.69) is 0 Å². The molecular formula is C16H22O5. The van der Waals surface area contributed by atoms with Gasteiger partial charge in [0.05, 0.1) is 12.2 Å². The van der Waals surface area contributed by atoms with Crippen molar-refractivity contribution in [3.63, 3.8) is 0 Å². The maximum Gasteiger partial charge on any atom is 0.320 e. The van der Waals surface area contributed by atoms with E-state index in [1.54, 1.807) is 39.8 Å². The zero-order chi connectivity index (χ0) is 16.0. The Kier molecular flexibility index (Phi) is 6.21. The summed E-state index contributed by atoms with van der Waals surface area (Å²) in [6.07, 6.45) is -0.488. The third kappa shape index (κ3) is 5.85. The number of phenols is 1. The summed E-state index contributed by atoms with van der Waals surface area (Å²) in [5.74, 6) is -2.17. The quantitative estimate of drug-likeness (QED) is 0.644. The smallest absolute Gasteiger partial charge is 0.320 e. The van der Waals surface area contributed by atoms with Crippen LogP contribution in [0.3, 0.4) is 0 Å². The van der Waals surface area contributed by atoms with Crippen LogP contribution in [0.1, 0.15) is 33.3 Å². The first-order valence-electron chi connectivity index (χ1n) is 6.98. The number of esters is 2. The lowest BCUT2D eigenvalue weighted by molar-refractivity contribution is -0.166. The van der Waals surface area contributed by atoms with Gasteiger partial charge in [-0.1, -0.05) is 12.1 Å². The second-order valence-corrected chi connectivity index (χ2v) is 5.40. The maximum absolute atomic E-state index is 12.1. The number of benzene rings is 1. The summed E-state index contributed by atoms with van der Waals surface area (Å²) in [7, 11) is 0. The summed E-state index contributed by atoms with van der Waals surface area (Å²) >= 11 is 0. The fourth-order valence-corrected chi connectivity index (χ4v) is 1.81. The molecule has 0 aliphatic rings. The molecule has 0 bridgehead atoms. The molecule has 0 saturated carbocycles. The first-order valence-corrected chi connectivity index (χ1v) is 6.98. The first kappa shape index (κ1) is 17.0. The molecule has 1 rings (SSSR count). The molecule has 0 fully saturated rings. The van der Waals surface area contributed by atoms with E-state index in [0.29, 0.717) is 5.56 Å². The van der Waals surface area contributed by atoms with Crippen LogP contribution in [-0.4, -0.2) is 29.3 Å². The third-order valence-electron chi connectivity index (χ3n) is 2.62. The highest BCUT2D eigenvalue weighted by atomic mass is 16.6. The van der Waals surface area contributed by atoms with Gasteiger partial charge in [0.1, 0.15) is 5.75 Å². The van der Waals surface area contributed by atoms with Crippen LogP contribution in [0.2, 0.25) is 0 Å². The van der Waals surface area contributed by atoms with E-state index in [1.807, 2.05) is 0 Å². The molecule has 0 amide bonds. The maximum atomic E-state index is 12.1. The molecule has 5 heteroatoms. The summed E-state index contributed by atoms with van der Waals surface area (Å²) in [5.41, 5.74) is 0.668. The number of ether oxygens (including phenoxy) is 2. The van der Waals surface area contributed by atoms with Crippen LogP contribution in [0.4, 0.5) is 0 Å². The van der Waals surface area contributed by atoms with Crippen LogP contribution in [0.15, 0.2) is 24.3 Å². The van der Waals surface area contributed by atoms with Crippen molar-refractivity contribution < 1.29 is 24.2 Å². The Labute approximate surface area is 124 Å². The van der Waals surface area contributed by atoms with Crippen molar-refractivity contribution in [2.45, 2.75) is 46.3 Å². The van der Waals surface area contributed by atoms with E-state index in [1.165, 1.54) is 12.1 Å². The number of hydrogen-bond donors (Lipinski definition) is 1. The van der Waals surface area contributed by atoms with Crippen LogP contribution in [0, 0.1) is 5.92 Å². The van der Waals surface area contributed by atoms with Gasteiger partial charge in [0, 0.05) is 0 Å². The molecule has 0 aromatic heterocycles. The lowest BCUT2D eigenvalue weighted by Gasteiger charge is -2.18. The van der Waals surface area contributed by atoms with Gasteiger partial charge in [-0.25, -0.2) is 0 Å². The molecule has 1 N–H and O–H groups in total. The van der Waals surface area contributed by atoms with E-state index >= 15 is 0 Å². The largest absolute Gasteiger partial charge is 0.508 e. The lowest BCUT2D eigenvalue weighted by Crippen LogP contribution is -2.32. The van der Waals surface area contributed by atoms with Crippen molar-refractivity contribution >= 4 is 11.9 Å². The number of phenolic OH excluding ortho intramolecular Hbond substituents is 1. The summed E-state index contributed by atoms with van der Waals surface area (Å²) in [4.78, 5) is 24.2. The average Bonchev–Trinajstić information content (AvgIpc) is 2.34. The van der Waals surface area contributed by atoms with Gasteiger partial charge in [-0.2, -0.15) is 0 Å². The predicted octanol–water partition coefficient (Wildman–Crippen LogP) is 2.45. The summed E-state index contributed by atoms with van der Waals surface area (Å²) in [6.45, 7) is 6.88. The predicted molar refractivity (Wildman–Crippen MR) is 77.8 cm³/mol. The Morgan fingerprint density at radius 1 is 1.05 bits per heavy atom. The van der Waals surface area contributed by atoms with Gasteiger partial charge < -0.3 is 14.6 Å². The van der Waals surface area contributed by atoms with E-state index in [0.717, 1.165) is 0 Å². The topological polar surface area (TPSA) is 72.8 Å². The van der Waals surface area contributed by atoms with Gasteiger partial charge in [0.2, 0.25) is 0 Å². The van der Waals surface area contributed by atoms with Crippen LogP contribution in [0.5, 0.6) is 5.75 Å². The second kappa shape index (κ2) is 7.67. The standard InChI is InChI=1S/C16H22O5/c1-10(2)20-15(18)14(16(19)21-11(3)4)9-12-6-5-7-13(17)8-12/h5-8,10-11,14,17H,9H2,1-4H3. The number of aromatic hydroxyl groups is 1. The number of rotatable bonds is 6. The van der Waals surface area contributed by atoms with Crippen LogP contribution in [-0.2, 0) is 25.5 Å². The highest BCUT2D eigenvalue weighted by Crippen LogP contribution is 2.18. The molecule has 1 aromatic rings. The zero-order valence-electron chi connectivity index (χ0n) is 12.8. The fraction of sp³-hybridized carbons (Fsp3) is 0.500. The normalized spacial score (nSPS) is 11.0. The SMILES string of the molecule is CC(C)OC(=O)C(Cc1cccc(O)c1)C(=O)OC(C)C. The van der Waals surface area contributed by atoms with Gasteiger partial charge in [-0.3, -0.25) is 9.59 Å². The molecule has 1 aromatic carbocycles. The first-order chi connectivity index (χ1) is 9.79.